The monoisotopic (exact) mass is 522 g/mol. The third-order valence-corrected chi connectivity index (χ3v) is 6.28. The molecule has 0 aliphatic carbocycles. The molecule has 0 aromatic heterocycles. The average Bonchev–Trinajstić information content (AvgIpc) is 2.94. The minimum Gasteiger partial charge on any atom is -0.492 e. The van der Waals surface area contributed by atoms with Gasteiger partial charge < -0.3 is 29.2 Å². The summed E-state index contributed by atoms with van der Waals surface area (Å²) in [5.74, 6) is 1.40. The molecule has 0 atom stereocenters. The van der Waals surface area contributed by atoms with Crippen molar-refractivity contribution >= 4 is 22.5 Å². The quantitative estimate of drug-likeness (QED) is 0.149. The number of urea groups is 1. The van der Waals surface area contributed by atoms with E-state index in [1.165, 1.54) is 19.3 Å². The number of rotatable bonds is 17. The highest BCUT2D eigenvalue weighted by Gasteiger charge is 2.18. The summed E-state index contributed by atoms with van der Waals surface area (Å²) in [5, 5.41) is 5.19. The van der Waals surface area contributed by atoms with E-state index in [-0.39, 0.29) is 12.8 Å². The molecule has 0 heterocycles. The minimum absolute atomic E-state index is 0.135. The standard InChI is InChI=1S/C31H42N2O5/c1-4-6-7-8-11-20-33(23-25-14-17-27(18-15-25)38-24-36-22-21-35-3)31(34)32-30-28-13-10-9-12-26(28)16-19-29(30)37-5-2/h9-10,12-19H,4-8,11,20-24H2,1-3H3,(H,32,34). The number of ether oxygens (including phenoxy) is 4. The zero-order valence-corrected chi connectivity index (χ0v) is 23.0. The maximum absolute atomic E-state index is 13.6. The molecule has 3 rings (SSSR count). The van der Waals surface area contributed by atoms with E-state index >= 15 is 0 Å². The van der Waals surface area contributed by atoms with E-state index in [4.69, 9.17) is 18.9 Å². The second-order valence-corrected chi connectivity index (χ2v) is 9.17. The van der Waals surface area contributed by atoms with Crippen LogP contribution in [0.2, 0.25) is 0 Å². The minimum atomic E-state index is -0.135. The highest BCUT2D eigenvalue weighted by molar-refractivity contribution is 6.04. The van der Waals surface area contributed by atoms with Gasteiger partial charge in [-0.2, -0.15) is 0 Å². The second kappa shape index (κ2) is 16.5. The van der Waals surface area contributed by atoms with Crippen molar-refractivity contribution < 1.29 is 23.7 Å². The van der Waals surface area contributed by atoms with Gasteiger partial charge in [-0.3, -0.25) is 0 Å². The molecule has 0 spiro atoms. The molecule has 0 aliphatic rings. The first kappa shape index (κ1) is 29.3. The van der Waals surface area contributed by atoms with Gasteiger partial charge in [0, 0.05) is 25.6 Å². The fraction of sp³-hybridized carbons (Fsp3) is 0.452. The number of unbranched alkanes of at least 4 members (excludes halogenated alkanes) is 4. The van der Waals surface area contributed by atoms with Gasteiger partial charge in [-0.1, -0.05) is 75.1 Å². The van der Waals surface area contributed by atoms with Crippen molar-refractivity contribution in [2.45, 2.75) is 52.5 Å². The molecule has 0 bridgehead atoms. The van der Waals surface area contributed by atoms with E-state index in [2.05, 4.69) is 12.2 Å². The number of carbonyl (C=O) groups is 1. The van der Waals surface area contributed by atoms with Crippen molar-refractivity contribution in [3.63, 3.8) is 0 Å². The molecular formula is C31H42N2O5. The number of carbonyl (C=O) groups excluding carboxylic acids is 1. The normalized spacial score (nSPS) is 10.9. The van der Waals surface area contributed by atoms with Gasteiger partial charge in [0.15, 0.2) is 6.79 Å². The van der Waals surface area contributed by atoms with Crippen LogP contribution in [0.25, 0.3) is 10.8 Å². The van der Waals surface area contributed by atoms with Crippen LogP contribution >= 0.6 is 0 Å². The molecule has 2 amide bonds. The summed E-state index contributed by atoms with van der Waals surface area (Å²) in [5.41, 5.74) is 1.74. The molecule has 7 heteroatoms. The number of hydrogen-bond acceptors (Lipinski definition) is 5. The fourth-order valence-corrected chi connectivity index (χ4v) is 4.22. The molecule has 206 valence electrons. The number of nitrogens with one attached hydrogen (secondary N) is 1. The summed E-state index contributed by atoms with van der Waals surface area (Å²) < 4.78 is 21.8. The van der Waals surface area contributed by atoms with E-state index in [0.717, 1.165) is 34.9 Å². The highest BCUT2D eigenvalue weighted by atomic mass is 16.7. The smallest absolute Gasteiger partial charge is 0.322 e. The van der Waals surface area contributed by atoms with Crippen LogP contribution in [-0.4, -0.2) is 51.2 Å². The summed E-state index contributed by atoms with van der Waals surface area (Å²) in [6.45, 7) is 7.04. The van der Waals surface area contributed by atoms with Gasteiger partial charge in [-0.25, -0.2) is 4.79 Å². The Morgan fingerprint density at radius 3 is 2.42 bits per heavy atom. The first-order valence-electron chi connectivity index (χ1n) is 13.6. The highest BCUT2D eigenvalue weighted by Crippen LogP contribution is 2.34. The summed E-state index contributed by atoms with van der Waals surface area (Å²) in [7, 11) is 1.64. The van der Waals surface area contributed by atoms with Gasteiger partial charge in [-0.15, -0.1) is 0 Å². The van der Waals surface area contributed by atoms with Crippen molar-refractivity contribution in [2.75, 3.05) is 45.6 Å². The molecule has 0 aliphatic heterocycles. The topological polar surface area (TPSA) is 69.3 Å². The van der Waals surface area contributed by atoms with Gasteiger partial charge in [-0.05, 0) is 42.5 Å². The van der Waals surface area contributed by atoms with Gasteiger partial charge >= 0.3 is 6.03 Å². The van der Waals surface area contributed by atoms with Crippen LogP contribution in [0, 0.1) is 0 Å². The van der Waals surface area contributed by atoms with Crippen molar-refractivity contribution in [3.05, 3.63) is 66.2 Å². The Bertz CT molecular complexity index is 1100. The maximum Gasteiger partial charge on any atom is 0.322 e. The number of fused-ring (bicyclic) bond motifs is 1. The van der Waals surface area contributed by atoms with Crippen LogP contribution in [-0.2, 0) is 16.0 Å². The van der Waals surface area contributed by atoms with E-state index < -0.39 is 0 Å². The SMILES string of the molecule is CCCCCCCN(Cc1ccc(OCOCCOC)cc1)C(=O)Nc1c(OCC)ccc2ccccc12. The molecule has 0 fully saturated rings. The Kier molecular flexibility index (Phi) is 12.7. The lowest BCUT2D eigenvalue weighted by molar-refractivity contribution is -0.00847. The maximum atomic E-state index is 13.6. The first-order valence-corrected chi connectivity index (χ1v) is 13.6. The van der Waals surface area contributed by atoms with E-state index in [1.54, 1.807) is 7.11 Å². The molecule has 0 radical (unpaired) electrons. The predicted octanol–water partition coefficient (Wildman–Crippen LogP) is 7.24. The third kappa shape index (κ3) is 9.23. The lowest BCUT2D eigenvalue weighted by Gasteiger charge is -2.25. The average molecular weight is 523 g/mol. The lowest BCUT2D eigenvalue weighted by atomic mass is 10.1. The van der Waals surface area contributed by atoms with Gasteiger partial charge in [0.05, 0.1) is 25.5 Å². The summed E-state index contributed by atoms with van der Waals surface area (Å²) in [6, 6.07) is 19.6. The molecule has 38 heavy (non-hydrogen) atoms. The second-order valence-electron chi connectivity index (χ2n) is 9.17. The largest absolute Gasteiger partial charge is 0.492 e. The Balaban J connectivity index is 1.71. The lowest BCUT2D eigenvalue weighted by Crippen LogP contribution is -2.35. The first-order chi connectivity index (χ1) is 18.7. The van der Waals surface area contributed by atoms with Crippen LogP contribution in [0.5, 0.6) is 11.5 Å². The number of benzene rings is 3. The Labute approximate surface area is 227 Å². The molecule has 3 aromatic rings. The van der Waals surface area contributed by atoms with Crippen LogP contribution in [0.4, 0.5) is 10.5 Å². The molecule has 3 aromatic carbocycles. The van der Waals surface area contributed by atoms with Crippen LogP contribution in [0.1, 0.15) is 51.5 Å². The molecule has 7 nitrogen and oxygen atoms in total. The summed E-state index contributed by atoms with van der Waals surface area (Å²) in [6.07, 6.45) is 5.66. The van der Waals surface area contributed by atoms with Crippen molar-refractivity contribution in [2.24, 2.45) is 0 Å². The van der Waals surface area contributed by atoms with Crippen LogP contribution in [0.3, 0.4) is 0 Å². The Hall–Kier alpha value is -3.29. The molecule has 0 saturated carbocycles. The summed E-state index contributed by atoms with van der Waals surface area (Å²) >= 11 is 0. The van der Waals surface area contributed by atoms with Crippen molar-refractivity contribution in [1.82, 2.24) is 4.90 Å². The van der Waals surface area contributed by atoms with Crippen molar-refractivity contribution in [3.8, 4) is 11.5 Å². The number of methoxy groups -OCH3 is 1. The van der Waals surface area contributed by atoms with Crippen LogP contribution in [0.15, 0.2) is 60.7 Å². The molecule has 1 N–H and O–H groups in total. The molecule has 0 unspecified atom stereocenters. The van der Waals surface area contributed by atoms with Crippen molar-refractivity contribution in [1.29, 1.82) is 0 Å². The molecule has 0 saturated heterocycles. The van der Waals surface area contributed by atoms with Gasteiger partial charge in [0.2, 0.25) is 0 Å². The number of anilines is 1. The predicted molar refractivity (Wildman–Crippen MR) is 153 cm³/mol. The Morgan fingerprint density at radius 2 is 1.66 bits per heavy atom. The van der Waals surface area contributed by atoms with Gasteiger partial charge in [0.1, 0.15) is 11.5 Å². The van der Waals surface area contributed by atoms with Gasteiger partial charge in [0.25, 0.3) is 0 Å². The van der Waals surface area contributed by atoms with E-state index in [0.29, 0.717) is 44.3 Å². The number of nitrogens with zero attached hydrogens (tertiary/aromatic N) is 1. The Morgan fingerprint density at radius 1 is 0.868 bits per heavy atom. The zero-order valence-electron chi connectivity index (χ0n) is 23.0. The third-order valence-electron chi connectivity index (χ3n) is 6.28. The fourth-order valence-electron chi connectivity index (χ4n) is 4.22. The molecular weight excluding hydrogens is 480 g/mol. The zero-order chi connectivity index (χ0) is 27.0. The summed E-state index contributed by atoms with van der Waals surface area (Å²) in [4.78, 5) is 15.5. The number of hydrogen-bond donors (Lipinski definition) is 1. The van der Waals surface area contributed by atoms with E-state index in [9.17, 15) is 4.79 Å². The number of amides is 2. The van der Waals surface area contributed by atoms with Crippen LogP contribution < -0.4 is 14.8 Å². The van der Waals surface area contributed by atoms with E-state index in [1.807, 2.05) is 72.5 Å².